The summed E-state index contributed by atoms with van der Waals surface area (Å²) in [5.74, 6) is -0.197. The van der Waals surface area contributed by atoms with Gasteiger partial charge in [0.1, 0.15) is 0 Å². The molecular weight excluding hydrogens is 350 g/mol. The van der Waals surface area contributed by atoms with Crippen molar-refractivity contribution in [3.05, 3.63) is 42.5 Å². The molecule has 1 unspecified atom stereocenters. The quantitative estimate of drug-likeness (QED) is 0.590. The van der Waals surface area contributed by atoms with Crippen molar-refractivity contribution in [2.75, 3.05) is 13.1 Å². The van der Waals surface area contributed by atoms with Crippen LogP contribution in [0.15, 0.2) is 47.4 Å². The first-order valence-corrected chi connectivity index (χ1v) is 10.4. The first kappa shape index (κ1) is 20.4. The third-order valence-electron chi connectivity index (χ3n) is 4.23. The number of carbonyl (C=O) groups is 1. The first-order chi connectivity index (χ1) is 12.5. The molecule has 0 saturated carbocycles. The van der Waals surface area contributed by atoms with E-state index in [1.165, 1.54) is 0 Å². The van der Waals surface area contributed by atoms with Crippen LogP contribution in [-0.2, 0) is 14.8 Å². The van der Waals surface area contributed by atoms with E-state index >= 15 is 0 Å². The van der Waals surface area contributed by atoms with Crippen molar-refractivity contribution in [3.8, 4) is 0 Å². The molecular formula is C19H27N3O3S. The summed E-state index contributed by atoms with van der Waals surface area (Å²) in [7, 11) is -3.65. The third kappa shape index (κ3) is 5.79. The lowest BCUT2D eigenvalue weighted by Gasteiger charge is -2.16. The minimum atomic E-state index is -3.65. The number of amides is 1. The number of hydrogen-bond donors (Lipinski definition) is 3. The Morgan fingerprint density at radius 1 is 1.15 bits per heavy atom. The first-order valence-electron chi connectivity index (χ1n) is 8.94. The number of benzene rings is 2. The Balaban J connectivity index is 1.89. The van der Waals surface area contributed by atoms with Crippen molar-refractivity contribution in [2.24, 2.45) is 5.73 Å². The molecule has 2 rings (SSSR count). The zero-order valence-electron chi connectivity index (χ0n) is 15.1. The van der Waals surface area contributed by atoms with E-state index in [0.29, 0.717) is 6.54 Å². The van der Waals surface area contributed by atoms with Gasteiger partial charge in [0.05, 0.1) is 4.90 Å². The number of nitrogens with one attached hydrogen (secondary N) is 2. The Morgan fingerprint density at radius 2 is 1.88 bits per heavy atom. The van der Waals surface area contributed by atoms with E-state index in [1.807, 2.05) is 24.3 Å². The van der Waals surface area contributed by atoms with Gasteiger partial charge in [-0.1, -0.05) is 50.1 Å². The van der Waals surface area contributed by atoms with Gasteiger partial charge in [-0.05, 0) is 29.3 Å². The summed E-state index contributed by atoms with van der Waals surface area (Å²) in [6, 6.07) is 12.5. The second-order valence-electron chi connectivity index (χ2n) is 6.30. The van der Waals surface area contributed by atoms with Gasteiger partial charge in [-0.25, -0.2) is 13.1 Å². The molecule has 0 radical (unpaired) electrons. The SMILES string of the molecule is CCCCC(CN)NC(=O)CCNS(=O)(=O)c1ccc2ccccc2c1. The fourth-order valence-electron chi connectivity index (χ4n) is 2.72. The van der Waals surface area contributed by atoms with Crippen molar-refractivity contribution in [1.29, 1.82) is 0 Å². The van der Waals surface area contributed by atoms with E-state index in [9.17, 15) is 13.2 Å². The van der Waals surface area contributed by atoms with Gasteiger partial charge in [0, 0.05) is 25.6 Å². The third-order valence-corrected chi connectivity index (χ3v) is 5.69. The highest BCUT2D eigenvalue weighted by molar-refractivity contribution is 7.89. The van der Waals surface area contributed by atoms with Crippen LogP contribution in [0.4, 0.5) is 0 Å². The van der Waals surface area contributed by atoms with Gasteiger partial charge >= 0.3 is 0 Å². The Morgan fingerprint density at radius 3 is 2.58 bits per heavy atom. The molecule has 0 aliphatic carbocycles. The van der Waals surface area contributed by atoms with Crippen LogP contribution in [0.5, 0.6) is 0 Å². The van der Waals surface area contributed by atoms with E-state index in [0.717, 1.165) is 30.0 Å². The smallest absolute Gasteiger partial charge is 0.240 e. The highest BCUT2D eigenvalue weighted by Gasteiger charge is 2.15. The van der Waals surface area contributed by atoms with Crippen molar-refractivity contribution < 1.29 is 13.2 Å². The number of fused-ring (bicyclic) bond motifs is 1. The molecule has 0 heterocycles. The molecule has 0 bridgehead atoms. The van der Waals surface area contributed by atoms with Crippen LogP contribution in [-0.4, -0.2) is 33.5 Å². The minimum absolute atomic E-state index is 0.0477. The average molecular weight is 378 g/mol. The number of unbranched alkanes of at least 4 members (excludes halogenated alkanes) is 1. The molecule has 2 aromatic rings. The number of carbonyl (C=O) groups excluding carboxylic acids is 1. The van der Waals surface area contributed by atoms with E-state index in [-0.39, 0.29) is 29.8 Å². The summed E-state index contributed by atoms with van der Waals surface area (Å²) >= 11 is 0. The van der Waals surface area contributed by atoms with Crippen LogP contribution in [0, 0.1) is 0 Å². The van der Waals surface area contributed by atoms with Gasteiger partial charge in [-0.2, -0.15) is 0 Å². The second-order valence-corrected chi connectivity index (χ2v) is 8.07. The average Bonchev–Trinajstić information content (AvgIpc) is 2.64. The maximum atomic E-state index is 12.4. The van der Waals surface area contributed by atoms with Crippen LogP contribution in [0.25, 0.3) is 10.8 Å². The largest absolute Gasteiger partial charge is 0.352 e. The zero-order valence-corrected chi connectivity index (χ0v) is 15.9. The van der Waals surface area contributed by atoms with Crippen molar-refractivity contribution in [2.45, 2.75) is 43.5 Å². The second kappa shape index (κ2) is 9.66. The normalized spacial score (nSPS) is 12.8. The van der Waals surface area contributed by atoms with Gasteiger partial charge < -0.3 is 11.1 Å². The van der Waals surface area contributed by atoms with Crippen molar-refractivity contribution >= 4 is 26.7 Å². The Labute approximate surface area is 155 Å². The summed E-state index contributed by atoms with van der Waals surface area (Å²) in [6.07, 6.45) is 2.95. The lowest BCUT2D eigenvalue weighted by molar-refractivity contribution is -0.121. The van der Waals surface area contributed by atoms with Crippen LogP contribution in [0.3, 0.4) is 0 Å². The van der Waals surface area contributed by atoms with Crippen LogP contribution >= 0.6 is 0 Å². The standard InChI is InChI=1S/C19H27N3O3S/c1-2-3-8-17(14-20)22-19(23)11-12-21-26(24,25)18-10-9-15-6-4-5-7-16(15)13-18/h4-7,9-10,13,17,21H,2-3,8,11-12,14,20H2,1H3,(H,22,23). The van der Waals surface area contributed by atoms with Gasteiger partial charge in [-0.15, -0.1) is 0 Å². The summed E-state index contributed by atoms with van der Waals surface area (Å²) < 4.78 is 27.3. The topological polar surface area (TPSA) is 101 Å². The van der Waals surface area contributed by atoms with Crippen LogP contribution in [0.1, 0.15) is 32.6 Å². The number of nitrogens with two attached hydrogens (primary N) is 1. The van der Waals surface area contributed by atoms with Crippen molar-refractivity contribution in [1.82, 2.24) is 10.0 Å². The highest BCUT2D eigenvalue weighted by Crippen LogP contribution is 2.18. The van der Waals surface area contributed by atoms with E-state index in [2.05, 4.69) is 17.0 Å². The number of rotatable bonds is 10. The van der Waals surface area contributed by atoms with E-state index in [1.54, 1.807) is 18.2 Å². The molecule has 7 heteroatoms. The molecule has 0 aromatic heterocycles. The Kier molecular flexibility index (Phi) is 7.56. The fraction of sp³-hybridized carbons (Fsp3) is 0.421. The molecule has 0 aliphatic rings. The van der Waals surface area contributed by atoms with Gasteiger partial charge in [0.2, 0.25) is 15.9 Å². The molecule has 0 fully saturated rings. The van der Waals surface area contributed by atoms with E-state index < -0.39 is 10.0 Å². The Hall–Kier alpha value is -1.96. The number of sulfonamides is 1. The summed E-state index contributed by atoms with van der Waals surface area (Å²) in [5.41, 5.74) is 5.65. The van der Waals surface area contributed by atoms with Crippen LogP contribution in [0.2, 0.25) is 0 Å². The summed E-state index contributed by atoms with van der Waals surface area (Å²) in [4.78, 5) is 12.2. The van der Waals surface area contributed by atoms with Crippen molar-refractivity contribution in [3.63, 3.8) is 0 Å². The highest BCUT2D eigenvalue weighted by atomic mass is 32.2. The predicted molar refractivity (Wildman–Crippen MR) is 104 cm³/mol. The maximum absolute atomic E-state index is 12.4. The lowest BCUT2D eigenvalue weighted by Crippen LogP contribution is -2.41. The zero-order chi connectivity index (χ0) is 19.0. The van der Waals surface area contributed by atoms with Gasteiger partial charge in [0.25, 0.3) is 0 Å². The lowest BCUT2D eigenvalue weighted by atomic mass is 10.1. The monoisotopic (exact) mass is 377 g/mol. The number of hydrogen-bond acceptors (Lipinski definition) is 4. The van der Waals surface area contributed by atoms with Gasteiger partial charge in [0.15, 0.2) is 0 Å². The molecule has 0 aliphatic heterocycles. The molecule has 1 amide bonds. The summed E-state index contributed by atoms with van der Waals surface area (Å²) in [6.45, 7) is 2.51. The Bertz CT molecular complexity index is 837. The molecule has 1 atom stereocenters. The summed E-state index contributed by atoms with van der Waals surface area (Å²) in [5, 5.41) is 4.69. The maximum Gasteiger partial charge on any atom is 0.240 e. The molecule has 2 aromatic carbocycles. The van der Waals surface area contributed by atoms with E-state index in [4.69, 9.17) is 5.73 Å². The fourth-order valence-corrected chi connectivity index (χ4v) is 3.78. The van der Waals surface area contributed by atoms with Gasteiger partial charge in [-0.3, -0.25) is 4.79 Å². The molecule has 6 nitrogen and oxygen atoms in total. The molecule has 0 spiro atoms. The predicted octanol–water partition coefficient (Wildman–Crippen LogP) is 2.14. The van der Waals surface area contributed by atoms with Crippen LogP contribution < -0.4 is 15.8 Å². The minimum Gasteiger partial charge on any atom is -0.352 e. The molecule has 26 heavy (non-hydrogen) atoms. The molecule has 142 valence electrons. The molecule has 0 saturated heterocycles. The molecule has 4 N–H and O–H groups in total.